The molecule has 2 heterocycles. The van der Waals surface area contributed by atoms with E-state index >= 15 is 0 Å². The highest BCUT2D eigenvalue weighted by Crippen LogP contribution is 2.37. The number of aryl methyl sites for hydroxylation is 1. The Balaban J connectivity index is 2.04. The predicted molar refractivity (Wildman–Crippen MR) is 78.1 cm³/mol. The van der Waals surface area contributed by atoms with Crippen molar-refractivity contribution in [2.24, 2.45) is 7.05 Å². The SMILES string of the molecule is Cn1cnc(S(=O)(=O)N2CC(NC(=O)O)c3ccccc32)c1. The molecule has 1 aromatic heterocycles. The Morgan fingerprint density at radius 3 is 2.77 bits per heavy atom. The Morgan fingerprint density at radius 1 is 1.41 bits per heavy atom. The van der Waals surface area contributed by atoms with Gasteiger partial charge in [-0.1, -0.05) is 18.2 Å². The zero-order valence-electron chi connectivity index (χ0n) is 11.7. The number of para-hydroxylation sites is 1. The summed E-state index contributed by atoms with van der Waals surface area (Å²) in [5.74, 6) is 0. The van der Waals surface area contributed by atoms with Crippen molar-refractivity contribution in [3.63, 3.8) is 0 Å². The minimum Gasteiger partial charge on any atom is -0.465 e. The molecule has 3 rings (SSSR count). The number of carboxylic acid groups (broad SMARTS) is 1. The Labute approximate surface area is 127 Å². The first-order chi connectivity index (χ1) is 10.4. The van der Waals surface area contributed by atoms with Crippen LogP contribution in [-0.4, -0.2) is 35.7 Å². The van der Waals surface area contributed by atoms with E-state index in [2.05, 4.69) is 10.3 Å². The van der Waals surface area contributed by atoms with Crippen LogP contribution in [0.3, 0.4) is 0 Å². The number of aromatic nitrogens is 2. The lowest BCUT2D eigenvalue weighted by Crippen LogP contribution is -2.35. The molecule has 0 bridgehead atoms. The number of rotatable bonds is 3. The second-order valence-electron chi connectivity index (χ2n) is 4.97. The van der Waals surface area contributed by atoms with Gasteiger partial charge in [0.15, 0.2) is 5.03 Å². The van der Waals surface area contributed by atoms with E-state index in [1.54, 1.807) is 35.9 Å². The first kappa shape index (κ1) is 14.4. The smallest absolute Gasteiger partial charge is 0.405 e. The van der Waals surface area contributed by atoms with Gasteiger partial charge in [-0.15, -0.1) is 0 Å². The van der Waals surface area contributed by atoms with Gasteiger partial charge in [-0.25, -0.2) is 9.78 Å². The summed E-state index contributed by atoms with van der Waals surface area (Å²) in [7, 11) is -2.15. The molecule has 22 heavy (non-hydrogen) atoms. The molecule has 1 unspecified atom stereocenters. The number of sulfonamides is 1. The zero-order valence-corrected chi connectivity index (χ0v) is 12.5. The Hall–Kier alpha value is -2.55. The van der Waals surface area contributed by atoms with Crippen LogP contribution in [0.1, 0.15) is 11.6 Å². The highest BCUT2D eigenvalue weighted by molar-refractivity contribution is 7.92. The van der Waals surface area contributed by atoms with Gasteiger partial charge in [0.1, 0.15) is 0 Å². The average Bonchev–Trinajstić information content (AvgIpc) is 3.04. The predicted octanol–water partition coefficient (Wildman–Crippen LogP) is 0.938. The van der Waals surface area contributed by atoms with Gasteiger partial charge in [0.05, 0.1) is 24.6 Å². The Bertz CT molecular complexity index is 830. The molecule has 1 aromatic carbocycles. The monoisotopic (exact) mass is 322 g/mol. The van der Waals surface area contributed by atoms with Gasteiger partial charge in [-0.2, -0.15) is 8.42 Å². The average molecular weight is 322 g/mol. The summed E-state index contributed by atoms with van der Waals surface area (Å²) < 4.78 is 28.2. The van der Waals surface area contributed by atoms with Gasteiger partial charge in [0.25, 0.3) is 10.0 Å². The normalized spacial score (nSPS) is 17.3. The molecule has 116 valence electrons. The first-order valence-electron chi connectivity index (χ1n) is 6.48. The van der Waals surface area contributed by atoms with Crippen molar-refractivity contribution in [2.75, 3.05) is 10.8 Å². The van der Waals surface area contributed by atoms with Gasteiger partial charge in [0, 0.05) is 18.8 Å². The van der Waals surface area contributed by atoms with E-state index in [4.69, 9.17) is 5.11 Å². The molecule has 9 heteroatoms. The van der Waals surface area contributed by atoms with E-state index in [1.165, 1.54) is 16.8 Å². The third-order valence-corrected chi connectivity index (χ3v) is 5.13. The van der Waals surface area contributed by atoms with E-state index in [-0.39, 0.29) is 11.6 Å². The number of hydrogen-bond donors (Lipinski definition) is 2. The van der Waals surface area contributed by atoms with Crippen molar-refractivity contribution < 1.29 is 18.3 Å². The van der Waals surface area contributed by atoms with E-state index < -0.39 is 22.2 Å². The van der Waals surface area contributed by atoms with Gasteiger partial charge in [-0.05, 0) is 6.07 Å². The number of benzene rings is 1. The molecule has 0 fully saturated rings. The number of anilines is 1. The third-order valence-electron chi connectivity index (χ3n) is 3.46. The maximum atomic E-state index is 12.7. The van der Waals surface area contributed by atoms with Crippen molar-refractivity contribution in [3.8, 4) is 0 Å². The molecule has 8 nitrogen and oxygen atoms in total. The van der Waals surface area contributed by atoms with Crippen molar-refractivity contribution in [1.29, 1.82) is 0 Å². The summed E-state index contributed by atoms with van der Waals surface area (Å²) >= 11 is 0. The lowest BCUT2D eigenvalue weighted by Gasteiger charge is -2.18. The standard InChI is InChI=1S/C13H14N4O4S/c1-16-7-12(14-8-16)22(20,21)17-6-10(15-13(18)19)9-4-2-3-5-11(9)17/h2-5,7-8,10,15H,6H2,1H3,(H,18,19). The number of nitrogens with one attached hydrogen (secondary N) is 1. The molecular weight excluding hydrogens is 308 g/mol. The Kier molecular flexibility index (Phi) is 3.28. The fraction of sp³-hybridized carbons (Fsp3) is 0.231. The first-order valence-corrected chi connectivity index (χ1v) is 7.92. The summed E-state index contributed by atoms with van der Waals surface area (Å²) in [6.07, 6.45) is 1.62. The van der Waals surface area contributed by atoms with Crippen LogP contribution in [0, 0.1) is 0 Å². The number of imidazole rings is 1. The van der Waals surface area contributed by atoms with E-state index in [1.807, 2.05) is 0 Å². The molecule has 0 saturated carbocycles. The lowest BCUT2D eigenvalue weighted by molar-refractivity contribution is 0.190. The molecule has 1 aliphatic heterocycles. The highest BCUT2D eigenvalue weighted by atomic mass is 32.2. The quantitative estimate of drug-likeness (QED) is 0.875. The second kappa shape index (κ2) is 5.02. The molecule has 1 amide bonds. The fourth-order valence-corrected chi connectivity index (χ4v) is 3.98. The van der Waals surface area contributed by atoms with Crippen LogP contribution in [0.2, 0.25) is 0 Å². The molecule has 0 aliphatic carbocycles. The Morgan fingerprint density at radius 2 is 2.14 bits per heavy atom. The van der Waals surface area contributed by atoms with Crippen molar-refractivity contribution in [3.05, 3.63) is 42.4 Å². The molecule has 0 radical (unpaired) electrons. The van der Waals surface area contributed by atoms with Crippen LogP contribution in [0.4, 0.5) is 10.5 Å². The minimum absolute atomic E-state index is 0.00452. The molecule has 2 N–H and O–H groups in total. The lowest BCUT2D eigenvalue weighted by atomic mass is 10.1. The van der Waals surface area contributed by atoms with Gasteiger partial charge >= 0.3 is 6.09 Å². The van der Waals surface area contributed by atoms with Crippen LogP contribution >= 0.6 is 0 Å². The maximum Gasteiger partial charge on any atom is 0.405 e. The van der Waals surface area contributed by atoms with E-state index in [9.17, 15) is 13.2 Å². The maximum absolute atomic E-state index is 12.7. The van der Waals surface area contributed by atoms with Gasteiger partial charge < -0.3 is 15.0 Å². The summed E-state index contributed by atoms with van der Waals surface area (Å²) in [5.41, 5.74) is 1.09. The molecule has 1 atom stereocenters. The number of amides is 1. The van der Waals surface area contributed by atoms with Crippen molar-refractivity contribution >= 4 is 21.8 Å². The summed E-state index contributed by atoms with van der Waals surface area (Å²) in [6, 6.07) is 6.21. The largest absolute Gasteiger partial charge is 0.465 e. The second-order valence-corrected chi connectivity index (χ2v) is 6.78. The third kappa shape index (κ3) is 2.29. The fourth-order valence-electron chi connectivity index (χ4n) is 2.51. The summed E-state index contributed by atoms with van der Waals surface area (Å²) in [6.45, 7) is 0.00452. The number of fused-ring (bicyclic) bond motifs is 1. The summed E-state index contributed by atoms with van der Waals surface area (Å²) in [4.78, 5) is 14.8. The minimum atomic E-state index is -3.83. The van der Waals surface area contributed by atoms with Crippen molar-refractivity contribution in [2.45, 2.75) is 11.1 Å². The van der Waals surface area contributed by atoms with Crippen LogP contribution in [0.5, 0.6) is 0 Å². The van der Waals surface area contributed by atoms with Gasteiger partial charge in [0.2, 0.25) is 0 Å². The van der Waals surface area contributed by atoms with E-state index in [0.29, 0.717) is 11.3 Å². The molecule has 2 aromatic rings. The topological polar surface area (TPSA) is 105 Å². The highest BCUT2D eigenvalue weighted by Gasteiger charge is 2.38. The van der Waals surface area contributed by atoms with E-state index in [0.717, 1.165) is 0 Å². The van der Waals surface area contributed by atoms with Gasteiger partial charge in [-0.3, -0.25) is 4.31 Å². The van der Waals surface area contributed by atoms with Crippen LogP contribution in [-0.2, 0) is 17.1 Å². The molecule has 0 spiro atoms. The van der Waals surface area contributed by atoms with Crippen molar-refractivity contribution in [1.82, 2.24) is 14.9 Å². The molecule has 1 aliphatic rings. The number of carbonyl (C=O) groups is 1. The molecule has 0 saturated heterocycles. The van der Waals surface area contributed by atoms with Crippen LogP contribution in [0.15, 0.2) is 41.8 Å². The number of hydrogen-bond acceptors (Lipinski definition) is 4. The zero-order chi connectivity index (χ0) is 15.9. The van der Waals surface area contributed by atoms with Crippen LogP contribution in [0.25, 0.3) is 0 Å². The number of nitrogens with zero attached hydrogens (tertiary/aromatic N) is 3. The molecular formula is C13H14N4O4S. The van der Waals surface area contributed by atoms with Crippen LogP contribution < -0.4 is 9.62 Å². The summed E-state index contributed by atoms with van der Waals surface area (Å²) in [5, 5.41) is 11.2.